The molecule has 0 radical (unpaired) electrons. The smallest absolute Gasteiger partial charge is 0.253 e. The van der Waals surface area contributed by atoms with Crippen LogP contribution in [0.15, 0.2) is 53.5 Å². The molecular weight excluding hydrogens is 400 g/mol. The summed E-state index contributed by atoms with van der Waals surface area (Å²) in [5.74, 6) is -2.87. The predicted molar refractivity (Wildman–Crippen MR) is 116 cm³/mol. The van der Waals surface area contributed by atoms with Crippen LogP contribution in [0.3, 0.4) is 0 Å². The Morgan fingerprint density at radius 1 is 1.03 bits per heavy atom. The third-order valence-electron chi connectivity index (χ3n) is 6.38. The Morgan fingerprint density at radius 2 is 1.84 bits per heavy atom. The molecule has 2 aliphatic rings. The van der Waals surface area contributed by atoms with Gasteiger partial charge in [0, 0.05) is 67.4 Å². The summed E-state index contributed by atoms with van der Waals surface area (Å²) >= 11 is 0. The molecule has 2 aliphatic heterocycles. The molecule has 0 bridgehead atoms. The van der Waals surface area contributed by atoms with Gasteiger partial charge in [-0.3, -0.25) is 9.59 Å². The molecule has 0 unspecified atom stereocenters. The number of likely N-dealkylation sites (tertiary alicyclic amines) is 1. The number of amides is 1. The van der Waals surface area contributed by atoms with E-state index >= 15 is 0 Å². The van der Waals surface area contributed by atoms with E-state index in [9.17, 15) is 18.4 Å². The molecule has 1 aromatic heterocycles. The molecule has 0 aliphatic carbocycles. The molecule has 3 aromatic rings. The zero-order valence-corrected chi connectivity index (χ0v) is 17.0. The van der Waals surface area contributed by atoms with Crippen molar-refractivity contribution in [2.75, 3.05) is 24.5 Å². The second-order valence-corrected chi connectivity index (χ2v) is 8.34. The Hall–Kier alpha value is -3.22. The summed E-state index contributed by atoms with van der Waals surface area (Å²) in [5.41, 5.74) is 3.43. The second-order valence-electron chi connectivity index (χ2n) is 8.34. The number of fused-ring (bicyclic) bond motifs is 2. The number of benzene rings is 2. The molecule has 1 fully saturated rings. The minimum atomic E-state index is -2.67. The van der Waals surface area contributed by atoms with Crippen LogP contribution in [0.2, 0.25) is 0 Å². The third kappa shape index (κ3) is 3.69. The number of aromatic nitrogens is 1. The van der Waals surface area contributed by atoms with E-state index in [2.05, 4.69) is 16.0 Å². The van der Waals surface area contributed by atoms with Crippen LogP contribution in [0.4, 0.5) is 14.5 Å². The molecule has 0 spiro atoms. The maximum Gasteiger partial charge on any atom is 0.253 e. The quantitative estimate of drug-likeness (QED) is 0.679. The van der Waals surface area contributed by atoms with Gasteiger partial charge < -0.3 is 14.8 Å². The molecule has 3 heterocycles. The van der Waals surface area contributed by atoms with Crippen LogP contribution in [0, 0.1) is 0 Å². The third-order valence-corrected chi connectivity index (χ3v) is 6.38. The van der Waals surface area contributed by atoms with E-state index in [1.54, 1.807) is 12.3 Å². The monoisotopic (exact) mass is 423 g/mol. The normalized spacial score (nSPS) is 18.1. The molecule has 160 valence electrons. The predicted octanol–water partition coefficient (Wildman–Crippen LogP) is 3.96. The van der Waals surface area contributed by atoms with Crippen molar-refractivity contribution in [3.05, 3.63) is 75.7 Å². The van der Waals surface area contributed by atoms with Gasteiger partial charge in [-0.15, -0.1) is 0 Å². The number of piperidine rings is 1. The SMILES string of the molecule is O=C(c1ccc2c(N3CCc4c(cc[nH]c4=O)C3)cccc2c1)N1CCC(F)(F)CC1. The van der Waals surface area contributed by atoms with Crippen molar-refractivity contribution in [3.8, 4) is 0 Å². The molecule has 31 heavy (non-hydrogen) atoms. The highest BCUT2D eigenvalue weighted by Crippen LogP contribution is 2.32. The molecule has 1 N–H and O–H groups in total. The zero-order chi connectivity index (χ0) is 21.6. The largest absolute Gasteiger partial charge is 0.366 e. The van der Waals surface area contributed by atoms with E-state index in [1.807, 2.05) is 30.3 Å². The summed E-state index contributed by atoms with van der Waals surface area (Å²) in [6, 6.07) is 13.5. The lowest BCUT2D eigenvalue weighted by Gasteiger charge is -2.32. The molecule has 7 heteroatoms. The number of hydrogen-bond acceptors (Lipinski definition) is 3. The number of rotatable bonds is 2. The van der Waals surface area contributed by atoms with Crippen LogP contribution in [0.25, 0.3) is 10.8 Å². The van der Waals surface area contributed by atoms with Gasteiger partial charge >= 0.3 is 0 Å². The van der Waals surface area contributed by atoms with Crippen molar-refractivity contribution in [2.24, 2.45) is 0 Å². The van der Waals surface area contributed by atoms with E-state index in [0.29, 0.717) is 18.5 Å². The van der Waals surface area contributed by atoms with Gasteiger partial charge in [0.1, 0.15) is 0 Å². The average Bonchev–Trinajstić information content (AvgIpc) is 2.78. The molecule has 1 saturated heterocycles. The molecular formula is C24H23F2N3O2. The number of halogens is 2. The maximum absolute atomic E-state index is 13.4. The molecule has 2 aromatic carbocycles. The molecule has 5 nitrogen and oxygen atoms in total. The Balaban J connectivity index is 1.42. The Morgan fingerprint density at radius 3 is 2.65 bits per heavy atom. The average molecular weight is 423 g/mol. The van der Waals surface area contributed by atoms with Crippen LogP contribution >= 0.6 is 0 Å². The van der Waals surface area contributed by atoms with Gasteiger partial charge in [-0.1, -0.05) is 18.2 Å². The first kappa shape index (κ1) is 19.7. The number of pyridine rings is 1. The summed E-state index contributed by atoms with van der Waals surface area (Å²) in [6.07, 6.45) is 1.80. The Bertz CT molecular complexity index is 1210. The molecule has 0 saturated carbocycles. The lowest BCUT2D eigenvalue weighted by atomic mass is 9.99. The van der Waals surface area contributed by atoms with E-state index in [-0.39, 0.29) is 37.4 Å². The summed E-state index contributed by atoms with van der Waals surface area (Å²) < 4.78 is 26.9. The summed E-state index contributed by atoms with van der Waals surface area (Å²) in [6.45, 7) is 1.55. The zero-order valence-electron chi connectivity index (χ0n) is 17.0. The van der Waals surface area contributed by atoms with Crippen molar-refractivity contribution in [2.45, 2.75) is 31.7 Å². The highest BCUT2D eigenvalue weighted by molar-refractivity contribution is 6.02. The summed E-state index contributed by atoms with van der Waals surface area (Å²) in [5, 5.41) is 1.96. The first-order chi connectivity index (χ1) is 14.9. The van der Waals surface area contributed by atoms with Crippen molar-refractivity contribution in [1.29, 1.82) is 0 Å². The van der Waals surface area contributed by atoms with Gasteiger partial charge in [-0.25, -0.2) is 8.78 Å². The standard InChI is InChI=1S/C24H23F2N3O2/c25-24(26)8-12-28(13-9-24)23(31)17-4-5-19-16(14-17)2-1-3-21(19)29-11-7-20-18(15-29)6-10-27-22(20)30/h1-6,10,14H,7-9,11-13,15H2,(H,27,30). The van der Waals surface area contributed by atoms with Crippen LogP contribution < -0.4 is 10.5 Å². The van der Waals surface area contributed by atoms with Crippen molar-refractivity contribution in [1.82, 2.24) is 9.88 Å². The fourth-order valence-corrected chi connectivity index (χ4v) is 4.61. The summed E-state index contributed by atoms with van der Waals surface area (Å²) in [4.78, 5) is 31.4. The topological polar surface area (TPSA) is 56.4 Å². The van der Waals surface area contributed by atoms with Gasteiger partial charge in [0.05, 0.1) is 0 Å². The van der Waals surface area contributed by atoms with Crippen LogP contribution in [-0.4, -0.2) is 41.3 Å². The van der Waals surface area contributed by atoms with E-state index in [1.165, 1.54) is 4.90 Å². The lowest BCUT2D eigenvalue weighted by molar-refractivity contribution is -0.0494. The van der Waals surface area contributed by atoms with Gasteiger partial charge in [0.15, 0.2) is 0 Å². The van der Waals surface area contributed by atoms with Gasteiger partial charge in [-0.2, -0.15) is 0 Å². The minimum Gasteiger partial charge on any atom is -0.366 e. The van der Waals surface area contributed by atoms with Crippen LogP contribution in [-0.2, 0) is 13.0 Å². The minimum absolute atomic E-state index is 0.0197. The van der Waals surface area contributed by atoms with E-state index in [0.717, 1.165) is 34.1 Å². The number of nitrogens with zero attached hydrogens (tertiary/aromatic N) is 2. The molecule has 1 amide bonds. The van der Waals surface area contributed by atoms with Crippen molar-refractivity contribution >= 4 is 22.4 Å². The molecule has 0 atom stereocenters. The van der Waals surface area contributed by atoms with Crippen molar-refractivity contribution < 1.29 is 13.6 Å². The Kier molecular flexibility index (Phi) is 4.76. The lowest BCUT2D eigenvalue weighted by Crippen LogP contribution is -2.42. The number of hydrogen-bond donors (Lipinski definition) is 1. The van der Waals surface area contributed by atoms with Gasteiger partial charge in [-0.05, 0) is 41.6 Å². The Labute approximate surface area is 178 Å². The second kappa shape index (κ2) is 7.48. The number of nitrogens with one attached hydrogen (secondary N) is 1. The number of carbonyl (C=O) groups is 1. The van der Waals surface area contributed by atoms with E-state index < -0.39 is 5.92 Å². The maximum atomic E-state index is 13.4. The first-order valence-corrected chi connectivity index (χ1v) is 10.6. The highest BCUT2D eigenvalue weighted by Gasteiger charge is 2.35. The number of anilines is 1. The highest BCUT2D eigenvalue weighted by atomic mass is 19.3. The van der Waals surface area contributed by atoms with Crippen LogP contribution in [0.1, 0.15) is 34.3 Å². The first-order valence-electron chi connectivity index (χ1n) is 10.6. The van der Waals surface area contributed by atoms with E-state index in [4.69, 9.17) is 0 Å². The number of carbonyl (C=O) groups excluding carboxylic acids is 1. The van der Waals surface area contributed by atoms with Crippen LogP contribution in [0.5, 0.6) is 0 Å². The number of aromatic amines is 1. The van der Waals surface area contributed by atoms with Gasteiger partial charge in [0.2, 0.25) is 0 Å². The van der Waals surface area contributed by atoms with Crippen molar-refractivity contribution in [3.63, 3.8) is 0 Å². The fraction of sp³-hybridized carbons (Fsp3) is 0.333. The fourth-order valence-electron chi connectivity index (χ4n) is 4.61. The van der Waals surface area contributed by atoms with Gasteiger partial charge in [0.25, 0.3) is 17.4 Å². The summed E-state index contributed by atoms with van der Waals surface area (Å²) in [7, 11) is 0. The number of H-pyrrole nitrogens is 1. The number of alkyl halides is 2. The molecule has 5 rings (SSSR count).